The maximum absolute atomic E-state index is 12.0. The molecular formula is C18H17N5O2S. The van der Waals surface area contributed by atoms with E-state index in [9.17, 15) is 9.59 Å². The van der Waals surface area contributed by atoms with E-state index in [2.05, 4.69) is 25.8 Å². The van der Waals surface area contributed by atoms with E-state index in [-0.39, 0.29) is 24.8 Å². The molecule has 2 aromatic heterocycles. The minimum atomic E-state index is -0.228. The summed E-state index contributed by atoms with van der Waals surface area (Å²) >= 11 is 1.25. The lowest BCUT2D eigenvalue weighted by atomic mass is 10.1. The Morgan fingerprint density at radius 2 is 1.77 bits per heavy atom. The van der Waals surface area contributed by atoms with Gasteiger partial charge in [-0.05, 0) is 17.7 Å². The van der Waals surface area contributed by atoms with Crippen LogP contribution >= 0.6 is 11.3 Å². The molecule has 0 aliphatic heterocycles. The van der Waals surface area contributed by atoms with Crippen molar-refractivity contribution in [3.63, 3.8) is 0 Å². The Morgan fingerprint density at radius 1 is 0.962 bits per heavy atom. The van der Waals surface area contributed by atoms with Gasteiger partial charge in [0, 0.05) is 19.2 Å². The van der Waals surface area contributed by atoms with Crippen molar-refractivity contribution in [2.45, 2.75) is 12.8 Å². The molecule has 3 rings (SSSR count). The van der Waals surface area contributed by atoms with Crippen molar-refractivity contribution in [2.75, 3.05) is 11.9 Å². The summed E-state index contributed by atoms with van der Waals surface area (Å²) in [4.78, 5) is 28.0. The van der Waals surface area contributed by atoms with Crippen molar-refractivity contribution >= 4 is 28.3 Å². The van der Waals surface area contributed by atoms with E-state index in [1.165, 1.54) is 11.3 Å². The smallest absolute Gasteiger partial charge is 0.227 e. The minimum absolute atomic E-state index is 0.114. The summed E-state index contributed by atoms with van der Waals surface area (Å²) < 4.78 is 0. The molecule has 0 spiro atoms. The summed E-state index contributed by atoms with van der Waals surface area (Å²) in [5.41, 5.74) is 1.64. The molecule has 132 valence electrons. The molecule has 0 aliphatic rings. The average Bonchev–Trinajstić information content (AvgIpc) is 3.11. The number of anilines is 1. The number of carbonyl (C=O) groups excluding carboxylic acids is 2. The molecule has 8 heteroatoms. The predicted octanol–water partition coefficient (Wildman–Crippen LogP) is 2.29. The van der Waals surface area contributed by atoms with E-state index >= 15 is 0 Å². The third kappa shape index (κ3) is 5.18. The van der Waals surface area contributed by atoms with Gasteiger partial charge < -0.3 is 10.6 Å². The lowest BCUT2D eigenvalue weighted by molar-refractivity contribution is -0.120. The van der Waals surface area contributed by atoms with Crippen LogP contribution in [0.15, 0.2) is 54.7 Å². The summed E-state index contributed by atoms with van der Waals surface area (Å²) in [6.07, 6.45) is 2.14. The number of hydrogen-bond acceptors (Lipinski definition) is 6. The molecule has 3 aromatic rings. The van der Waals surface area contributed by atoms with Crippen LogP contribution in [0, 0.1) is 0 Å². The average molecular weight is 367 g/mol. The van der Waals surface area contributed by atoms with E-state index in [0.717, 1.165) is 5.56 Å². The molecular weight excluding hydrogens is 350 g/mol. The number of carbonyl (C=O) groups is 2. The van der Waals surface area contributed by atoms with Crippen molar-refractivity contribution in [2.24, 2.45) is 0 Å². The van der Waals surface area contributed by atoms with E-state index < -0.39 is 0 Å². The van der Waals surface area contributed by atoms with Gasteiger partial charge in [-0.1, -0.05) is 47.7 Å². The predicted molar refractivity (Wildman–Crippen MR) is 99.5 cm³/mol. The number of nitrogens with zero attached hydrogens (tertiary/aromatic N) is 3. The highest BCUT2D eigenvalue weighted by Gasteiger charge is 2.10. The molecule has 0 unspecified atom stereocenters. The second-order valence-corrected chi connectivity index (χ2v) is 6.42. The molecule has 0 bridgehead atoms. The zero-order valence-corrected chi connectivity index (χ0v) is 14.7. The van der Waals surface area contributed by atoms with Crippen LogP contribution in [0.2, 0.25) is 0 Å². The van der Waals surface area contributed by atoms with Gasteiger partial charge in [0.2, 0.25) is 16.9 Å². The molecule has 1 aromatic carbocycles. The second-order valence-electron chi connectivity index (χ2n) is 5.44. The highest BCUT2D eigenvalue weighted by atomic mass is 32.1. The number of rotatable bonds is 7. The van der Waals surface area contributed by atoms with Crippen LogP contribution in [-0.4, -0.2) is 33.5 Å². The first kappa shape index (κ1) is 17.7. The SMILES string of the molecule is O=C(Cc1ccccc1)NCCC(=O)Nc1nnc(-c2ccccn2)s1. The summed E-state index contributed by atoms with van der Waals surface area (Å²) in [6, 6.07) is 15.0. The second kappa shape index (κ2) is 8.82. The van der Waals surface area contributed by atoms with Gasteiger partial charge in [0.15, 0.2) is 5.01 Å². The normalized spacial score (nSPS) is 10.3. The molecule has 2 heterocycles. The number of hydrogen-bond donors (Lipinski definition) is 2. The number of amides is 2. The van der Waals surface area contributed by atoms with Crippen LogP contribution < -0.4 is 10.6 Å². The quantitative estimate of drug-likeness (QED) is 0.668. The van der Waals surface area contributed by atoms with Crippen molar-refractivity contribution in [1.29, 1.82) is 0 Å². The van der Waals surface area contributed by atoms with E-state index in [4.69, 9.17) is 0 Å². The Morgan fingerprint density at radius 3 is 2.54 bits per heavy atom. The topological polar surface area (TPSA) is 96.9 Å². The largest absolute Gasteiger partial charge is 0.355 e. The van der Waals surface area contributed by atoms with Gasteiger partial charge in [0.1, 0.15) is 5.69 Å². The zero-order chi connectivity index (χ0) is 18.2. The van der Waals surface area contributed by atoms with Gasteiger partial charge in [0.05, 0.1) is 6.42 Å². The van der Waals surface area contributed by atoms with Crippen LogP contribution in [0.1, 0.15) is 12.0 Å². The first-order valence-corrected chi connectivity index (χ1v) is 8.88. The van der Waals surface area contributed by atoms with Gasteiger partial charge in [-0.2, -0.15) is 0 Å². The third-order valence-corrected chi connectivity index (χ3v) is 4.30. The molecule has 0 fully saturated rings. The van der Waals surface area contributed by atoms with Gasteiger partial charge in [-0.25, -0.2) is 0 Å². The molecule has 2 amide bonds. The van der Waals surface area contributed by atoms with Crippen LogP contribution in [0.25, 0.3) is 10.7 Å². The van der Waals surface area contributed by atoms with Crippen molar-refractivity contribution in [3.05, 3.63) is 60.3 Å². The highest BCUT2D eigenvalue weighted by molar-refractivity contribution is 7.18. The monoisotopic (exact) mass is 367 g/mol. The van der Waals surface area contributed by atoms with Crippen molar-refractivity contribution in [1.82, 2.24) is 20.5 Å². The van der Waals surface area contributed by atoms with Gasteiger partial charge in [0.25, 0.3) is 0 Å². The molecule has 26 heavy (non-hydrogen) atoms. The van der Waals surface area contributed by atoms with Crippen LogP contribution in [-0.2, 0) is 16.0 Å². The molecule has 0 atom stereocenters. The molecule has 7 nitrogen and oxygen atoms in total. The molecule has 0 aliphatic carbocycles. The van der Waals surface area contributed by atoms with Crippen molar-refractivity contribution in [3.8, 4) is 10.7 Å². The Balaban J connectivity index is 1.42. The molecule has 0 saturated carbocycles. The first-order valence-electron chi connectivity index (χ1n) is 8.06. The summed E-state index contributed by atoms with van der Waals surface area (Å²) in [5, 5.41) is 14.4. The third-order valence-electron chi connectivity index (χ3n) is 3.44. The van der Waals surface area contributed by atoms with Crippen molar-refractivity contribution < 1.29 is 9.59 Å². The first-order chi connectivity index (χ1) is 12.7. The van der Waals surface area contributed by atoms with E-state index in [1.54, 1.807) is 6.20 Å². The van der Waals surface area contributed by atoms with Crippen LogP contribution in [0.3, 0.4) is 0 Å². The number of aromatic nitrogens is 3. The Bertz CT molecular complexity index is 868. The fraction of sp³-hybridized carbons (Fsp3) is 0.167. The molecule has 2 N–H and O–H groups in total. The minimum Gasteiger partial charge on any atom is -0.355 e. The van der Waals surface area contributed by atoms with Gasteiger partial charge in [-0.3, -0.25) is 14.6 Å². The fourth-order valence-electron chi connectivity index (χ4n) is 2.21. The Labute approximate surface area is 154 Å². The lowest BCUT2D eigenvalue weighted by Gasteiger charge is -2.05. The lowest BCUT2D eigenvalue weighted by Crippen LogP contribution is -2.28. The fourth-order valence-corrected chi connectivity index (χ4v) is 2.94. The van der Waals surface area contributed by atoms with E-state index in [1.807, 2.05) is 48.5 Å². The Kier molecular flexibility index (Phi) is 6.00. The summed E-state index contributed by atoms with van der Waals surface area (Å²) in [5.74, 6) is -0.342. The van der Waals surface area contributed by atoms with Crippen LogP contribution in [0.5, 0.6) is 0 Å². The van der Waals surface area contributed by atoms with Gasteiger partial charge >= 0.3 is 0 Å². The maximum atomic E-state index is 12.0. The maximum Gasteiger partial charge on any atom is 0.227 e. The highest BCUT2D eigenvalue weighted by Crippen LogP contribution is 2.24. The zero-order valence-electron chi connectivity index (χ0n) is 13.9. The number of pyridine rings is 1. The molecule has 0 saturated heterocycles. The summed E-state index contributed by atoms with van der Waals surface area (Å²) in [6.45, 7) is 0.267. The summed E-state index contributed by atoms with van der Waals surface area (Å²) in [7, 11) is 0. The van der Waals surface area contributed by atoms with E-state index in [0.29, 0.717) is 22.3 Å². The standard InChI is InChI=1S/C18H17N5O2S/c24-15(9-11-20-16(25)12-13-6-2-1-3-7-13)21-18-23-22-17(26-18)14-8-4-5-10-19-14/h1-8,10H,9,11-12H2,(H,20,25)(H,21,23,24). The Hall–Kier alpha value is -3.13. The molecule has 0 radical (unpaired) electrons. The number of nitrogens with one attached hydrogen (secondary N) is 2. The van der Waals surface area contributed by atoms with Crippen LogP contribution in [0.4, 0.5) is 5.13 Å². The number of benzene rings is 1. The van der Waals surface area contributed by atoms with Gasteiger partial charge in [-0.15, -0.1) is 10.2 Å².